The summed E-state index contributed by atoms with van der Waals surface area (Å²) in [6.07, 6.45) is 1.79. The van der Waals surface area contributed by atoms with Crippen LogP contribution in [0.25, 0.3) is 0 Å². The molecule has 0 radical (unpaired) electrons. The van der Waals surface area contributed by atoms with Gasteiger partial charge in [-0.3, -0.25) is 4.79 Å². The molecule has 2 aliphatic heterocycles. The third-order valence-corrected chi connectivity index (χ3v) is 4.59. The van der Waals surface area contributed by atoms with Crippen molar-refractivity contribution in [2.24, 2.45) is 0 Å². The molecule has 4 heteroatoms. The minimum atomic E-state index is -0.336. The van der Waals surface area contributed by atoms with Gasteiger partial charge in [0.1, 0.15) is 5.54 Å². The average Bonchev–Trinajstić information content (AvgIpc) is 2.75. The highest BCUT2D eigenvalue weighted by Crippen LogP contribution is 2.38. The lowest BCUT2D eigenvalue weighted by Gasteiger charge is -2.40. The minimum absolute atomic E-state index is 0.253. The molecule has 1 amide bonds. The first-order valence-corrected chi connectivity index (χ1v) is 7.50. The number of benzene rings is 1. The molecular formula is C16H23N3O. The lowest BCUT2D eigenvalue weighted by molar-refractivity contribution is -0.134. The molecule has 0 saturated carbocycles. The van der Waals surface area contributed by atoms with Crippen LogP contribution in [0.4, 0.5) is 5.69 Å². The fraction of sp³-hybridized carbons (Fsp3) is 0.562. The van der Waals surface area contributed by atoms with Gasteiger partial charge in [-0.2, -0.15) is 0 Å². The number of amides is 1. The Hall–Kier alpha value is -1.55. The zero-order valence-electron chi connectivity index (χ0n) is 12.3. The maximum atomic E-state index is 13.0. The third kappa shape index (κ3) is 1.99. The number of hydrogen-bond acceptors (Lipinski definition) is 3. The van der Waals surface area contributed by atoms with Crippen LogP contribution >= 0.6 is 0 Å². The van der Waals surface area contributed by atoms with E-state index in [4.69, 9.17) is 0 Å². The number of anilines is 1. The van der Waals surface area contributed by atoms with Crippen molar-refractivity contribution < 1.29 is 4.79 Å². The average molecular weight is 273 g/mol. The van der Waals surface area contributed by atoms with Crippen LogP contribution in [0.1, 0.15) is 26.7 Å². The summed E-state index contributed by atoms with van der Waals surface area (Å²) >= 11 is 0. The van der Waals surface area contributed by atoms with Crippen molar-refractivity contribution in [1.82, 2.24) is 10.2 Å². The lowest BCUT2D eigenvalue weighted by atomic mass is 9.86. The number of nitrogens with one attached hydrogen (secondary N) is 1. The predicted octanol–water partition coefficient (Wildman–Crippen LogP) is 1.82. The second-order valence-electron chi connectivity index (χ2n) is 6.06. The van der Waals surface area contributed by atoms with E-state index in [1.165, 1.54) is 0 Å². The molecule has 2 fully saturated rings. The van der Waals surface area contributed by atoms with E-state index in [2.05, 4.69) is 36.2 Å². The first kappa shape index (κ1) is 13.4. The molecule has 2 aliphatic rings. The van der Waals surface area contributed by atoms with Crippen molar-refractivity contribution >= 4 is 11.6 Å². The highest BCUT2D eigenvalue weighted by Gasteiger charge is 2.53. The van der Waals surface area contributed by atoms with Crippen LogP contribution < -0.4 is 10.2 Å². The molecule has 4 nitrogen and oxygen atoms in total. The first-order chi connectivity index (χ1) is 9.65. The molecule has 0 atom stereocenters. The lowest BCUT2D eigenvalue weighted by Crippen LogP contribution is -2.55. The van der Waals surface area contributed by atoms with Crippen LogP contribution in [0.5, 0.6) is 0 Å². The summed E-state index contributed by atoms with van der Waals surface area (Å²) in [4.78, 5) is 17.3. The van der Waals surface area contributed by atoms with Gasteiger partial charge < -0.3 is 15.1 Å². The van der Waals surface area contributed by atoms with Gasteiger partial charge in [0.05, 0.1) is 6.67 Å². The molecule has 1 N–H and O–H groups in total. The molecule has 1 spiro atoms. The first-order valence-electron chi connectivity index (χ1n) is 7.50. The fourth-order valence-corrected chi connectivity index (χ4v) is 3.39. The topological polar surface area (TPSA) is 35.6 Å². The molecule has 0 bridgehead atoms. The summed E-state index contributed by atoms with van der Waals surface area (Å²) in [6, 6.07) is 10.6. The summed E-state index contributed by atoms with van der Waals surface area (Å²) in [5.74, 6) is 0.304. The van der Waals surface area contributed by atoms with Gasteiger partial charge in [0.25, 0.3) is 0 Å². The molecule has 0 unspecified atom stereocenters. The predicted molar refractivity (Wildman–Crippen MR) is 80.6 cm³/mol. The van der Waals surface area contributed by atoms with Crippen LogP contribution in [0.3, 0.4) is 0 Å². The molecule has 2 heterocycles. The summed E-state index contributed by atoms with van der Waals surface area (Å²) in [5.41, 5.74) is 0.822. The van der Waals surface area contributed by atoms with E-state index >= 15 is 0 Å². The van der Waals surface area contributed by atoms with E-state index < -0.39 is 0 Å². The van der Waals surface area contributed by atoms with Gasteiger partial charge in [0.2, 0.25) is 5.91 Å². The van der Waals surface area contributed by atoms with Crippen LogP contribution in [-0.4, -0.2) is 42.1 Å². The Morgan fingerprint density at radius 3 is 2.40 bits per heavy atom. The van der Waals surface area contributed by atoms with E-state index in [-0.39, 0.29) is 11.6 Å². The maximum Gasteiger partial charge on any atom is 0.250 e. The van der Waals surface area contributed by atoms with E-state index in [1.807, 2.05) is 23.1 Å². The number of nitrogens with zero attached hydrogens (tertiary/aromatic N) is 2. The van der Waals surface area contributed by atoms with Gasteiger partial charge in [-0.05, 0) is 51.9 Å². The summed E-state index contributed by atoms with van der Waals surface area (Å²) in [7, 11) is 0. The Balaban J connectivity index is 2.00. The second kappa shape index (κ2) is 5.09. The Morgan fingerprint density at radius 1 is 1.15 bits per heavy atom. The number of carbonyl (C=O) groups is 1. The van der Waals surface area contributed by atoms with Crippen molar-refractivity contribution in [3.63, 3.8) is 0 Å². The summed E-state index contributed by atoms with van der Waals surface area (Å²) < 4.78 is 0. The SMILES string of the molecule is CC(C)N1CN(c2ccccc2)C2(CCNCC2)C1=O. The Bertz CT molecular complexity index is 480. The van der Waals surface area contributed by atoms with E-state index in [0.29, 0.717) is 12.6 Å². The number of rotatable bonds is 2. The Morgan fingerprint density at radius 2 is 1.80 bits per heavy atom. The van der Waals surface area contributed by atoms with Crippen molar-refractivity contribution in [3.05, 3.63) is 30.3 Å². The standard InChI is InChI=1S/C16H23N3O/c1-13(2)18-12-19(14-6-4-3-5-7-14)16(15(18)20)8-10-17-11-9-16/h3-7,13,17H,8-12H2,1-2H3. The van der Waals surface area contributed by atoms with Gasteiger partial charge in [-0.25, -0.2) is 0 Å². The normalized spacial score (nSPS) is 22.1. The quantitative estimate of drug-likeness (QED) is 0.893. The molecule has 1 aromatic carbocycles. The van der Waals surface area contributed by atoms with Crippen LogP contribution in [-0.2, 0) is 4.79 Å². The van der Waals surface area contributed by atoms with E-state index in [1.54, 1.807) is 0 Å². The molecule has 3 rings (SSSR count). The monoisotopic (exact) mass is 273 g/mol. The van der Waals surface area contributed by atoms with Gasteiger partial charge >= 0.3 is 0 Å². The maximum absolute atomic E-state index is 13.0. The number of piperidine rings is 1. The summed E-state index contributed by atoms with van der Waals surface area (Å²) in [6.45, 7) is 6.74. The van der Waals surface area contributed by atoms with E-state index in [9.17, 15) is 4.79 Å². The van der Waals surface area contributed by atoms with Crippen molar-refractivity contribution in [2.75, 3.05) is 24.7 Å². The summed E-state index contributed by atoms with van der Waals surface area (Å²) in [5, 5.41) is 3.38. The van der Waals surface area contributed by atoms with Gasteiger partial charge in [-0.1, -0.05) is 18.2 Å². The molecule has 108 valence electrons. The van der Waals surface area contributed by atoms with Crippen molar-refractivity contribution in [2.45, 2.75) is 38.3 Å². The molecule has 2 saturated heterocycles. The van der Waals surface area contributed by atoms with E-state index in [0.717, 1.165) is 31.6 Å². The third-order valence-electron chi connectivity index (χ3n) is 4.59. The van der Waals surface area contributed by atoms with Gasteiger partial charge in [-0.15, -0.1) is 0 Å². The fourth-order valence-electron chi connectivity index (χ4n) is 3.39. The molecule has 20 heavy (non-hydrogen) atoms. The Labute approximate surface area is 120 Å². The molecule has 0 aromatic heterocycles. The van der Waals surface area contributed by atoms with Crippen molar-refractivity contribution in [1.29, 1.82) is 0 Å². The molecule has 1 aromatic rings. The number of hydrogen-bond donors (Lipinski definition) is 1. The molecule has 0 aliphatic carbocycles. The van der Waals surface area contributed by atoms with Crippen LogP contribution in [0, 0.1) is 0 Å². The minimum Gasteiger partial charge on any atom is -0.339 e. The number of carbonyl (C=O) groups excluding carboxylic acids is 1. The largest absolute Gasteiger partial charge is 0.339 e. The highest BCUT2D eigenvalue weighted by molar-refractivity contribution is 5.93. The number of para-hydroxylation sites is 1. The highest BCUT2D eigenvalue weighted by atomic mass is 16.2. The van der Waals surface area contributed by atoms with Crippen LogP contribution in [0.2, 0.25) is 0 Å². The van der Waals surface area contributed by atoms with Gasteiger partial charge in [0, 0.05) is 11.7 Å². The Kier molecular flexibility index (Phi) is 3.42. The van der Waals surface area contributed by atoms with Crippen LogP contribution in [0.15, 0.2) is 30.3 Å². The zero-order valence-corrected chi connectivity index (χ0v) is 12.3. The second-order valence-corrected chi connectivity index (χ2v) is 6.06. The molecular weight excluding hydrogens is 250 g/mol. The van der Waals surface area contributed by atoms with Gasteiger partial charge in [0.15, 0.2) is 0 Å². The zero-order chi connectivity index (χ0) is 14.2. The van der Waals surface area contributed by atoms with Crippen molar-refractivity contribution in [3.8, 4) is 0 Å². The smallest absolute Gasteiger partial charge is 0.250 e.